The van der Waals surface area contributed by atoms with E-state index in [9.17, 15) is 14.2 Å². The largest absolute Gasteiger partial charge is 0.469 e. The highest BCUT2D eigenvalue weighted by molar-refractivity contribution is 7.46. The van der Waals surface area contributed by atoms with Crippen molar-refractivity contribution < 1.29 is 42.7 Å². The van der Waals surface area contributed by atoms with Crippen molar-refractivity contribution in [1.29, 1.82) is 0 Å². The number of rotatable bonds is 31. The van der Waals surface area contributed by atoms with E-state index in [0.717, 1.165) is 38.5 Å². The number of carbonyl (C=O) groups is 2. The first-order valence-electron chi connectivity index (χ1n) is 17.9. The van der Waals surface area contributed by atoms with E-state index < -0.39 is 32.5 Å². The van der Waals surface area contributed by atoms with Crippen LogP contribution < -0.4 is 0 Å². The summed E-state index contributed by atoms with van der Waals surface area (Å²) in [7, 11) is -4.76. The number of ether oxygens (including phenoxy) is 3. The molecular weight excluding hydrogens is 607 g/mol. The van der Waals surface area contributed by atoms with Crippen molar-refractivity contribution in [3.63, 3.8) is 0 Å². The Labute approximate surface area is 278 Å². The van der Waals surface area contributed by atoms with Gasteiger partial charge in [-0.25, -0.2) is 4.57 Å². The van der Waals surface area contributed by atoms with Crippen molar-refractivity contribution in [3.05, 3.63) is 36.5 Å². The zero-order valence-corrected chi connectivity index (χ0v) is 29.6. The maximum atomic E-state index is 12.3. The summed E-state index contributed by atoms with van der Waals surface area (Å²) in [6.45, 7) is 3.56. The average molecular weight is 671 g/mol. The lowest BCUT2D eigenvalue weighted by Crippen LogP contribution is -2.29. The van der Waals surface area contributed by atoms with Crippen molar-refractivity contribution in [2.45, 2.75) is 167 Å². The molecule has 0 radical (unpaired) electrons. The lowest BCUT2D eigenvalue weighted by atomic mass is 10.1. The van der Waals surface area contributed by atoms with Crippen molar-refractivity contribution in [3.8, 4) is 0 Å². The monoisotopic (exact) mass is 670 g/mol. The molecule has 9 nitrogen and oxygen atoms in total. The SMILES string of the molecule is CCCCC/C=C\CC1OC1C/C=C\C/C=C\CCCC(=O)O[C@H](COC(=O)CCCCCCCCCCCC)COP(=O)(O)O. The standard InChI is InChI=1S/C36H63O9P/c1-3-5-7-9-11-12-13-16-20-24-28-35(37)42-30-32(31-43-46(39,40)41)44-36(38)29-25-21-17-14-15-19-23-27-34-33(45-34)26-22-18-10-8-6-4-2/h14,17-19,22-23,32-34H,3-13,15-16,20-21,24-31H2,1-2H3,(H2,39,40,41)/b17-14-,22-18-,23-19-/t32-,33?,34?/m1/s1. The van der Waals surface area contributed by atoms with Gasteiger partial charge < -0.3 is 24.0 Å². The van der Waals surface area contributed by atoms with Crippen LogP contribution in [0, 0.1) is 0 Å². The fourth-order valence-electron chi connectivity index (χ4n) is 4.99. The van der Waals surface area contributed by atoms with Gasteiger partial charge in [-0.1, -0.05) is 121 Å². The average Bonchev–Trinajstić information content (AvgIpc) is 3.77. The molecule has 1 aliphatic heterocycles. The Bertz CT molecular complexity index is 911. The van der Waals surface area contributed by atoms with Crippen molar-refractivity contribution in [1.82, 2.24) is 0 Å². The predicted octanol–water partition coefficient (Wildman–Crippen LogP) is 9.22. The second-order valence-electron chi connectivity index (χ2n) is 12.2. The molecule has 1 rings (SSSR count). The molecule has 1 aliphatic rings. The molecule has 266 valence electrons. The zero-order valence-electron chi connectivity index (χ0n) is 28.7. The number of unbranched alkanes of at least 4 members (excludes halogenated alkanes) is 13. The van der Waals surface area contributed by atoms with Gasteiger partial charge in [-0.15, -0.1) is 0 Å². The summed E-state index contributed by atoms with van der Waals surface area (Å²) in [6.07, 6.45) is 33.3. The Morgan fingerprint density at radius 1 is 0.674 bits per heavy atom. The second-order valence-corrected chi connectivity index (χ2v) is 13.5. The maximum absolute atomic E-state index is 12.3. The Balaban J connectivity index is 2.16. The van der Waals surface area contributed by atoms with Gasteiger partial charge in [-0.05, 0) is 51.4 Å². The molecule has 0 aromatic carbocycles. The number of esters is 2. The summed E-state index contributed by atoms with van der Waals surface area (Å²) >= 11 is 0. The molecular formula is C36H63O9P. The van der Waals surface area contributed by atoms with Crippen LogP contribution in [0.5, 0.6) is 0 Å². The molecule has 0 spiro atoms. The van der Waals surface area contributed by atoms with E-state index >= 15 is 0 Å². The number of epoxide rings is 1. The first-order valence-corrected chi connectivity index (χ1v) is 19.4. The fraction of sp³-hybridized carbons (Fsp3) is 0.778. The lowest BCUT2D eigenvalue weighted by molar-refractivity contribution is -0.161. The summed E-state index contributed by atoms with van der Waals surface area (Å²) in [5.41, 5.74) is 0. The van der Waals surface area contributed by atoms with Gasteiger partial charge in [0.25, 0.3) is 0 Å². The smallest absolute Gasteiger partial charge is 0.462 e. The minimum absolute atomic E-state index is 0.132. The zero-order chi connectivity index (χ0) is 33.7. The van der Waals surface area contributed by atoms with E-state index in [0.29, 0.717) is 31.5 Å². The van der Waals surface area contributed by atoms with Crippen molar-refractivity contribution in [2.75, 3.05) is 13.2 Å². The lowest BCUT2D eigenvalue weighted by Gasteiger charge is -2.18. The first kappa shape index (κ1) is 42.3. The first-order chi connectivity index (χ1) is 22.2. The van der Waals surface area contributed by atoms with Crippen LogP contribution in [0.15, 0.2) is 36.5 Å². The Morgan fingerprint density at radius 2 is 1.20 bits per heavy atom. The minimum atomic E-state index is -4.76. The van der Waals surface area contributed by atoms with Gasteiger partial charge in [-0.3, -0.25) is 14.1 Å². The van der Waals surface area contributed by atoms with Gasteiger partial charge in [0.2, 0.25) is 0 Å². The highest BCUT2D eigenvalue weighted by Crippen LogP contribution is 2.36. The third-order valence-corrected chi connectivity index (χ3v) is 8.30. The van der Waals surface area contributed by atoms with E-state index in [2.05, 4.69) is 48.8 Å². The molecule has 10 heteroatoms. The van der Waals surface area contributed by atoms with Crippen LogP contribution in [0.4, 0.5) is 0 Å². The van der Waals surface area contributed by atoms with Gasteiger partial charge in [0.1, 0.15) is 6.61 Å². The highest BCUT2D eigenvalue weighted by atomic mass is 31.2. The van der Waals surface area contributed by atoms with Gasteiger partial charge in [0, 0.05) is 12.8 Å². The predicted molar refractivity (Wildman–Crippen MR) is 183 cm³/mol. The van der Waals surface area contributed by atoms with Crippen LogP contribution in [-0.4, -0.2) is 53.3 Å². The fourth-order valence-corrected chi connectivity index (χ4v) is 5.35. The van der Waals surface area contributed by atoms with Crippen molar-refractivity contribution in [2.24, 2.45) is 0 Å². The maximum Gasteiger partial charge on any atom is 0.469 e. The number of allylic oxidation sites excluding steroid dienone is 4. The summed E-state index contributed by atoms with van der Waals surface area (Å²) in [4.78, 5) is 42.6. The number of carbonyl (C=O) groups excluding carboxylic acids is 2. The van der Waals surface area contributed by atoms with Crippen LogP contribution in [0.25, 0.3) is 0 Å². The van der Waals surface area contributed by atoms with Crippen LogP contribution in [0.2, 0.25) is 0 Å². The van der Waals surface area contributed by atoms with Gasteiger partial charge in [-0.2, -0.15) is 0 Å². The van der Waals surface area contributed by atoms with E-state index in [1.807, 2.05) is 6.08 Å². The Kier molecular flexibility index (Phi) is 26.0. The molecule has 3 atom stereocenters. The minimum Gasteiger partial charge on any atom is -0.462 e. The molecule has 0 bridgehead atoms. The summed E-state index contributed by atoms with van der Waals surface area (Å²) in [5.74, 6) is -0.959. The summed E-state index contributed by atoms with van der Waals surface area (Å²) < 4.78 is 31.9. The highest BCUT2D eigenvalue weighted by Gasteiger charge is 2.36. The molecule has 0 aliphatic carbocycles. The summed E-state index contributed by atoms with van der Waals surface area (Å²) in [5, 5.41) is 0. The third kappa shape index (κ3) is 27.4. The molecule has 2 N–H and O–H groups in total. The van der Waals surface area contributed by atoms with Crippen LogP contribution in [0.3, 0.4) is 0 Å². The molecule has 0 aromatic rings. The van der Waals surface area contributed by atoms with Gasteiger partial charge >= 0.3 is 19.8 Å². The third-order valence-electron chi connectivity index (χ3n) is 7.81. The van der Waals surface area contributed by atoms with Crippen molar-refractivity contribution >= 4 is 19.8 Å². The van der Waals surface area contributed by atoms with E-state index in [4.69, 9.17) is 24.0 Å². The van der Waals surface area contributed by atoms with Crippen LogP contribution in [-0.2, 0) is 32.9 Å². The molecule has 1 heterocycles. The second kappa shape index (κ2) is 28.3. The molecule has 0 amide bonds. The van der Waals surface area contributed by atoms with E-state index in [1.54, 1.807) is 0 Å². The number of phosphoric acid groups is 1. The van der Waals surface area contributed by atoms with Crippen LogP contribution in [0.1, 0.15) is 149 Å². The molecule has 1 fully saturated rings. The van der Waals surface area contributed by atoms with E-state index in [1.165, 1.54) is 64.2 Å². The molecule has 46 heavy (non-hydrogen) atoms. The number of hydrogen-bond donors (Lipinski definition) is 2. The van der Waals surface area contributed by atoms with Gasteiger partial charge in [0.05, 0.1) is 18.8 Å². The number of hydrogen-bond acceptors (Lipinski definition) is 7. The normalized spacial score (nSPS) is 17.3. The molecule has 0 saturated carbocycles. The Morgan fingerprint density at radius 3 is 1.85 bits per heavy atom. The quantitative estimate of drug-likeness (QED) is 0.0244. The molecule has 1 saturated heterocycles. The Hall–Kier alpha value is -1.77. The van der Waals surface area contributed by atoms with E-state index in [-0.39, 0.29) is 19.4 Å². The van der Waals surface area contributed by atoms with Crippen LogP contribution >= 0.6 is 7.82 Å². The molecule has 0 aromatic heterocycles. The summed E-state index contributed by atoms with van der Waals surface area (Å²) in [6, 6.07) is 0. The number of phosphoric ester groups is 1. The molecule has 2 unspecified atom stereocenters. The topological polar surface area (TPSA) is 132 Å². The van der Waals surface area contributed by atoms with Gasteiger partial charge in [0.15, 0.2) is 6.10 Å².